The summed E-state index contributed by atoms with van der Waals surface area (Å²) in [6.07, 6.45) is 0. The molecule has 1 atom stereocenters. The molecule has 0 aromatic carbocycles. The molecule has 0 amide bonds. The predicted molar refractivity (Wildman–Crippen MR) is 49.9 cm³/mol. The van der Waals surface area contributed by atoms with Crippen LogP contribution in [0.1, 0.15) is 37.0 Å². The van der Waals surface area contributed by atoms with Gasteiger partial charge in [0.05, 0.1) is 6.04 Å². The molecule has 1 heterocycles. The summed E-state index contributed by atoms with van der Waals surface area (Å²) in [6, 6.07) is 2.05. The molecule has 0 bridgehead atoms. The first-order valence-corrected chi connectivity index (χ1v) is 4.35. The fourth-order valence-electron chi connectivity index (χ4n) is 1.09. The van der Waals surface area contributed by atoms with Crippen molar-refractivity contribution < 1.29 is 4.42 Å². The largest absolute Gasteiger partial charge is 0.464 e. The van der Waals surface area contributed by atoms with E-state index in [1.54, 1.807) is 0 Å². The van der Waals surface area contributed by atoms with E-state index in [4.69, 9.17) is 10.2 Å². The van der Waals surface area contributed by atoms with Crippen LogP contribution in [0.4, 0.5) is 0 Å². The highest BCUT2D eigenvalue weighted by atomic mass is 16.3. The van der Waals surface area contributed by atoms with E-state index in [1.807, 2.05) is 19.9 Å². The van der Waals surface area contributed by atoms with Crippen molar-refractivity contribution in [2.45, 2.75) is 33.7 Å². The first kappa shape index (κ1) is 9.33. The van der Waals surface area contributed by atoms with Crippen LogP contribution in [0.2, 0.25) is 0 Å². The maximum absolute atomic E-state index is 5.93. The van der Waals surface area contributed by atoms with Crippen molar-refractivity contribution in [1.29, 1.82) is 0 Å². The summed E-state index contributed by atoms with van der Waals surface area (Å²) < 4.78 is 5.51. The first-order chi connectivity index (χ1) is 5.52. The second kappa shape index (κ2) is 3.31. The summed E-state index contributed by atoms with van der Waals surface area (Å²) >= 11 is 0. The number of nitrogens with two attached hydrogens (primary N) is 1. The molecule has 0 aliphatic carbocycles. The standard InChI is InChI=1S/C10H17NO/c1-6(2)10(11)9-5-7(3)8(4)12-9/h5-6,10H,11H2,1-4H3/t10-/m0/s1. The van der Waals surface area contributed by atoms with Crippen molar-refractivity contribution >= 4 is 0 Å². The predicted octanol–water partition coefficient (Wildman–Crippen LogP) is 2.55. The lowest BCUT2D eigenvalue weighted by Gasteiger charge is -2.11. The topological polar surface area (TPSA) is 39.2 Å². The van der Waals surface area contributed by atoms with Crippen LogP contribution in [0.3, 0.4) is 0 Å². The minimum absolute atomic E-state index is 0.0254. The van der Waals surface area contributed by atoms with Gasteiger partial charge >= 0.3 is 0 Å². The van der Waals surface area contributed by atoms with E-state index in [0.29, 0.717) is 5.92 Å². The van der Waals surface area contributed by atoms with E-state index in [9.17, 15) is 0 Å². The van der Waals surface area contributed by atoms with Gasteiger partial charge in [-0.15, -0.1) is 0 Å². The molecule has 0 unspecified atom stereocenters. The minimum atomic E-state index is 0.0254. The number of hydrogen-bond donors (Lipinski definition) is 1. The molecular formula is C10H17NO. The van der Waals surface area contributed by atoms with Gasteiger partial charge in [0.25, 0.3) is 0 Å². The van der Waals surface area contributed by atoms with E-state index in [1.165, 1.54) is 5.56 Å². The Morgan fingerprint density at radius 2 is 1.92 bits per heavy atom. The smallest absolute Gasteiger partial charge is 0.121 e. The van der Waals surface area contributed by atoms with Crippen LogP contribution >= 0.6 is 0 Å². The molecule has 0 aliphatic heterocycles. The highest BCUT2D eigenvalue weighted by Crippen LogP contribution is 2.23. The second-order valence-corrected chi connectivity index (χ2v) is 3.66. The molecule has 68 valence electrons. The van der Waals surface area contributed by atoms with E-state index in [-0.39, 0.29) is 6.04 Å². The Morgan fingerprint density at radius 1 is 1.33 bits per heavy atom. The average molecular weight is 167 g/mol. The highest BCUT2D eigenvalue weighted by molar-refractivity contribution is 5.20. The summed E-state index contributed by atoms with van der Waals surface area (Å²) in [5.41, 5.74) is 7.11. The average Bonchev–Trinajstić information content (AvgIpc) is 2.30. The van der Waals surface area contributed by atoms with Crippen LogP contribution in [-0.4, -0.2) is 0 Å². The SMILES string of the molecule is Cc1cc([C@@H](N)C(C)C)oc1C. The van der Waals surface area contributed by atoms with Crippen LogP contribution in [0, 0.1) is 19.8 Å². The van der Waals surface area contributed by atoms with Crippen LogP contribution in [-0.2, 0) is 0 Å². The molecule has 2 heteroatoms. The van der Waals surface area contributed by atoms with E-state index < -0.39 is 0 Å². The van der Waals surface area contributed by atoms with Crippen LogP contribution in [0.25, 0.3) is 0 Å². The van der Waals surface area contributed by atoms with Gasteiger partial charge in [0.1, 0.15) is 11.5 Å². The van der Waals surface area contributed by atoms with Crippen LogP contribution < -0.4 is 5.73 Å². The monoisotopic (exact) mass is 167 g/mol. The molecule has 0 radical (unpaired) electrons. The molecule has 12 heavy (non-hydrogen) atoms. The Balaban J connectivity index is 2.89. The lowest BCUT2D eigenvalue weighted by molar-refractivity contribution is 0.391. The van der Waals surface area contributed by atoms with Gasteiger partial charge in [0.2, 0.25) is 0 Å². The third-order valence-electron chi connectivity index (χ3n) is 2.23. The number of furan rings is 1. The summed E-state index contributed by atoms with van der Waals surface area (Å²) in [5, 5.41) is 0. The van der Waals surface area contributed by atoms with Crippen molar-refractivity contribution in [1.82, 2.24) is 0 Å². The Hall–Kier alpha value is -0.760. The van der Waals surface area contributed by atoms with Crippen molar-refractivity contribution in [3.05, 3.63) is 23.2 Å². The Morgan fingerprint density at radius 3 is 2.25 bits per heavy atom. The van der Waals surface area contributed by atoms with Gasteiger partial charge < -0.3 is 10.2 Å². The van der Waals surface area contributed by atoms with Gasteiger partial charge in [-0.05, 0) is 31.4 Å². The molecule has 0 fully saturated rings. The Bertz CT molecular complexity index is 243. The minimum Gasteiger partial charge on any atom is -0.464 e. The molecule has 0 saturated carbocycles. The quantitative estimate of drug-likeness (QED) is 0.735. The molecule has 2 nitrogen and oxygen atoms in total. The molecule has 0 aliphatic rings. The summed E-state index contributed by atoms with van der Waals surface area (Å²) in [6.45, 7) is 8.19. The van der Waals surface area contributed by atoms with Gasteiger partial charge in [-0.1, -0.05) is 13.8 Å². The molecule has 0 spiro atoms. The molecule has 1 aromatic rings. The maximum atomic E-state index is 5.93. The number of rotatable bonds is 2. The van der Waals surface area contributed by atoms with E-state index in [2.05, 4.69) is 13.8 Å². The third-order valence-corrected chi connectivity index (χ3v) is 2.23. The molecule has 1 rings (SSSR count). The number of hydrogen-bond acceptors (Lipinski definition) is 2. The van der Waals surface area contributed by atoms with Gasteiger partial charge in [-0.2, -0.15) is 0 Å². The fourth-order valence-corrected chi connectivity index (χ4v) is 1.09. The van der Waals surface area contributed by atoms with Gasteiger partial charge in [0.15, 0.2) is 0 Å². The van der Waals surface area contributed by atoms with Crippen molar-refractivity contribution in [2.75, 3.05) is 0 Å². The van der Waals surface area contributed by atoms with Crippen molar-refractivity contribution in [3.8, 4) is 0 Å². The van der Waals surface area contributed by atoms with E-state index >= 15 is 0 Å². The first-order valence-electron chi connectivity index (χ1n) is 4.35. The van der Waals surface area contributed by atoms with Gasteiger partial charge in [0, 0.05) is 0 Å². The molecule has 0 saturated heterocycles. The van der Waals surface area contributed by atoms with Crippen molar-refractivity contribution in [2.24, 2.45) is 11.7 Å². The normalized spacial score (nSPS) is 13.8. The van der Waals surface area contributed by atoms with Gasteiger partial charge in [-0.25, -0.2) is 0 Å². The lowest BCUT2D eigenvalue weighted by Crippen LogP contribution is -2.15. The summed E-state index contributed by atoms with van der Waals surface area (Å²) in [7, 11) is 0. The summed E-state index contributed by atoms with van der Waals surface area (Å²) in [5.74, 6) is 2.30. The van der Waals surface area contributed by atoms with E-state index in [0.717, 1.165) is 11.5 Å². The zero-order chi connectivity index (χ0) is 9.30. The third kappa shape index (κ3) is 1.69. The highest BCUT2D eigenvalue weighted by Gasteiger charge is 2.15. The van der Waals surface area contributed by atoms with Crippen LogP contribution in [0.15, 0.2) is 10.5 Å². The zero-order valence-corrected chi connectivity index (χ0v) is 8.22. The Kier molecular flexibility index (Phi) is 2.58. The van der Waals surface area contributed by atoms with Gasteiger partial charge in [-0.3, -0.25) is 0 Å². The number of aryl methyl sites for hydroxylation is 2. The lowest BCUT2D eigenvalue weighted by atomic mass is 10.0. The Labute approximate surface area is 73.8 Å². The molecule has 1 aromatic heterocycles. The molecular weight excluding hydrogens is 150 g/mol. The second-order valence-electron chi connectivity index (χ2n) is 3.66. The summed E-state index contributed by atoms with van der Waals surface area (Å²) in [4.78, 5) is 0. The fraction of sp³-hybridized carbons (Fsp3) is 0.600. The van der Waals surface area contributed by atoms with Crippen LogP contribution in [0.5, 0.6) is 0 Å². The maximum Gasteiger partial charge on any atom is 0.121 e. The molecule has 2 N–H and O–H groups in total. The van der Waals surface area contributed by atoms with Crippen molar-refractivity contribution in [3.63, 3.8) is 0 Å². The zero-order valence-electron chi connectivity index (χ0n) is 8.22.